The first-order chi connectivity index (χ1) is 15.6. The number of aliphatic carboxylic acids is 1. The molecule has 0 spiro atoms. The second-order valence-electron chi connectivity index (χ2n) is 14.8. The average Bonchev–Trinajstić information content (AvgIpc) is 2.72. The van der Waals surface area contributed by atoms with E-state index in [0.717, 1.165) is 38.5 Å². The number of fused-ring (bicyclic) bond motifs is 7. The molecule has 0 aromatic heterocycles. The summed E-state index contributed by atoms with van der Waals surface area (Å²) in [4.78, 5) is 39.8. The largest absolute Gasteiger partial charge is 0.481 e. The third-order valence-corrected chi connectivity index (χ3v) is 12.6. The van der Waals surface area contributed by atoms with E-state index in [1.807, 2.05) is 6.08 Å². The van der Waals surface area contributed by atoms with Crippen LogP contribution in [0.3, 0.4) is 0 Å². The second-order valence-corrected chi connectivity index (χ2v) is 14.8. The summed E-state index contributed by atoms with van der Waals surface area (Å²) in [7, 11) is 0. The highest BCUT2D eigenvalue weighted by molar-refractivity contribution is 5.96. The van der Waals surface area contributed by atoms with Crippen LogP contribution in [-0.2, 0) is 14.4 Å². The van der Waals surface area contributed by atoms with Gasteiger partial charge in [0.25, 0.3) is 0 Å². The number of hydrogen-bond donors (Lipinski definition) is 1. The fourth-order valence-electron chi connectivity index (χ4n) is 10.2. The summed E-state index contributed by atoms with van der Waals surface area (Å²) >= 11 is 0. The molecule has 4 saturated carbocycles. The van der Waals surface area contributed by atoms with Crippen molar-refractivity contribution in [3.05, 3.63) is 11.6 Å². The minimum absolute atomic E-state index is 0.0600. The van der Waals surface area contributed by atoms with Crippen LogP contribution in [0.25, 0.3) is 0 Å². The Hall–Kier alpha value is -1.45. The highest BCUT2D eigenvalue weighted by Gasteiger charge is 2.70. The van der Waals surface area contributed by atoms with Crippen molar-refractivity contribution in [2.45, 2.75) is 106 Å². The van der Waals surface area contributed by atoms with Gasteiger partial charge in [-0.1, -0.05) is 54.0 Å². The van der Waals surface area contributed by atoms with Crippen LogP contribution >= 0.6 is 0 Å². The lowest BCUT2D eigenvalue weighted by atomic mass is 9.34. The Labute approximate surface area is 205 Å². The smallest absolute Gasteiger partial charge is 0.309 e. The number of allylic oxidation sites excluding steroid dienone is 2. The first kappa shape index (κ1) is 24.3. The Morgan fingerprint density at radius 3 is 2.21 bits per heavy atom. The van der Waals surface area contributed by atoms with E-state index in [9.17, 15) is 19.5 Å². The van der Waals surface area contributed by atoms with E-state index >= 15 is 0 Å². The zero-order valence-electron chi connectivity index (χ0n) is 22.3. The Kier molecular flexibility index (Phi) is 4.89. The fourth-order valence-corrected chi connectivity index (χ4v) is 10.2. The molecular formula is C30H44O4. The molecule has 4 heteroatoms. The molecule has 188 valence electrons. The van der Waals surface area contributed by atoms with Crippen LogP contribution in [0, 0.1) is 50.2 Å². The normalized spacial score (nSPS) is 49.1. The molecule has 2 unspecified atom stereocenters. The lowest BCUT2D eigenvalue weighted by Crippen LogP contribution is -2.66. The maximum absolute atomic E-state index is 14.2. The van der Waals surface area contributed by atoms with Crippen molar-refractivity contribution < 1.29 is 19.5 Å². The average molecular weight is 469 g/mol. The maximum Gasteiger partial charge on any atom is 0.309 e. The van der Waals surface area contributed by atoms with Gasteiger partial charge >= 0.3 is 5.97 Å². The van der Waals surface area contributed by atoms with Crippen LogP contribution < -0.4 is 0 Å². The van der Waals surface area contributed by atoms with E-state index in [1.165, 1.54) is 5.57 Å². The Morgan fingerprint density at radius 2 is 1.56 bits per heavy atom. The number of Topliss-reactive ketones (excluding diaryl/α,β-unsaturated/α-hetero) is 1. The molecule has 0 saturated heterocycles. The number of carboxylic acid groups (broad SMARTS) is 1. The zero-order valence-corrected chi connectivity index (χ0v) is 22.3. The minimum atomic E-state index is -0.766. The quantitative estimate of drug-likeness (QED) is 0.469. The number of carbonyl (C=O) groups is 3. The van der Waals surface area contributed by atoms with Gasteiger partial charge in [0, 0.05) is 17.8 Å². The van der Waals surface area contributed by atoms with Crippen molar-refractivity contribution in [2.75, 3.05) is 0 Å². The molecule has 0 aromatic carbocycles. The van der Waals surface area contributed by atoms with Gasteiger partial charge in [0.15, 0.2) is 5.78 Å². The predicted molar refractivity (Wildman–Crippen MR) is 132 cm³/mol. The summed E-state index contributed by atoms with van der Waals surface area (Å²) in [6.07, 6.45) is 9.24. The van der Waals surface area contributed by atoms with Gasteiger partial charge in [0.1, 0.15) is 5.78 Å². The van der Waals surface area contributed by atoms with Crippen LogP contribution in [0.4, 0.5) is 0 Å². The molecule has 5 aliphatic rings. The highest BCUT2D eigenvalue weighted by atomic mass is 16.4. The molecule has 7 atom stereocenters. The van der Waals surface area contributed by atoms with E-state index in [-0.39, 0.29) is 50.6 Å². The van der Waals surface area contributed by atoms with Crippen LogP contribution in [0.15, 0.2) is 11.6 Å². The molecule has 5 aliphatic carbocycles. The summed E-state index contributed by atoms with van der Waals surface area (Å²) < 4.78 is 0. The number of carboxylic acids is 1. The monoisotopic (exact) mass is 468 g/mol. The summed E-state index contributed by atoms with van der Waals surface area (Å²) in [6, 6.07) is 0. The first-order valence-corrected chi connectivity index (χ1v) is 13.6. The molecule has 0 aromatic rings. The fraction of sp³-hybridized carbons (Fsp3) is 0.833. The van der Waals surface area contributed by atoms with Crippen LogP contribution in [0.2, 0.25) is 0 Å². The van der Waals surface area contributed by atoms with Crippen molar-refractivity contribution in [3.63, 3.8) is 0 Å². The van der Waals surface area contributed by atoms with Gasteiger partial charge in [0.05, 0.1) is 5.41 Å². The van der Waals surface area contributed by atoms with Crippen molar-refractivity contribution in [1.82, 2.24) is 0 Å². The molecule has 0 radical (unpaired) electrons. The Morgan fingerprint density at radius 1 is 0.912 bits per heavy atom. The van der Waals surface area contributed by atoms with Gasteiger partial charge in [-0.2, -0.15) is 0 Å². The second kappa shape index (κ2) is 6.85. The van der Waals surface area contributed by atoms with Crippen molar-refractivity contribution in [1.29, 1.82) is 0 Å². The van der Waals surface area contributed by atoms with Crippen molar-refractivity contribution >= 4 is 17.5 Å². The van der Waals surface area contributed by atoms with E-state index < -0.39 is 11.4 Å². The minimum Gasteiger partial charge on any atom is -0.481 e. The topological polar surface area (TPSA) is 71.4 Å². The van der Waals surface area contributed by atoms with Crippen LogP contribution in [0.1, 0.15) is 106 Å². The number of rotatable bonds is 1. The van der Waals surface area contributed by atoms with E-state index in [1.54, 1.807) is 0 Å². The van der Waals surface area contributed by atoms with Gasteiger partial charge in [-0.3, -0.25) is 14.4 Å². The van der Waals surface area contributed by atoms with Crippen molar-refractivity contribution in [2.24, 2.45) is 50.2 Å². The summed E-state index contributed by atoms with van der Waals surface area (Å²) in [5.41, 5.74) is -0.333. The van der Waals surface area contributed by atoms with Gasteiger partial charge in [0.2, 0.25) is 0 Å². The number of carbonyl (C=O) groups excluding carboxylic acids is 2. The predicted octanol–water partition coefficient (Wildman–Crippen LogP) is 6.62. The molecule has 5 rings (SSSR count). The van der Waals surface area contributed by atoms with E-state index in [2.05, 4.69) is 48.5 Å². The SMILES string of the molecule is CC1(C)CC[C@]2(C(=O)O)CC[C@]3(C)C(C(=O)C=C4[C@@]5(C)CCC(=O)C(C)(C)[C@@H]5CC[C@]43C)C2C1. The molecule has 1 N–H and O–H groups in total. The lowest BCUT2D eigenvalue weighted by molar-refractivity contribution is -0.190. The number of hydrogen-bond acceptors (Lipinski definition) is 3. The third-order valence-electron chi connectivity index (χ3n) is 12.6. The molecule has 4 fully saturated rings. The molecule has 0 aliphatic heterocycles. The van der Waals surface area contributed by atoms with Crippen LogP contribution in [-0.4, -0.2) is 22.6 Å². The summed E-state index contributed by atoms with van der Waals surface area (Å²) in [5, 5.41) is 10.5. The number of ketones is 2. The van der Waals surface area contributed by atoms with E-state index in [4.69, 9.17) is 0 Å². The molecule has 0 amide bonds. The van der Waals surface area contributed by atoms with Gasteiger partial charge in [-0.25, -0.2) is 0 Å². The standard InChI is InChI=1S/C30H44O4/c1-25(2)12-14-30(24(33)34)15-13-29(7)23(18(30)17-25)19(31)16-21-27(5)10-9-22(32)26(3,4)20(27)8-11-28(21,29)6/h16,18,20,23H,8-15,17H2,1-7H3,(H,33,34)/t18?,20-,23?,27-,28+,29+,30-/m0/s1. The molecule has 0 heterocycles. The third kappa shape index (κ3) is 2.75. The Bertz CT molecular complexity index is 1000. The highest BCUT2D eigenvalue weighted by Crippen LogP contribution is 2.74. The molecule has 34 heavy (non-hydrogen) atoms. The van der Waals surface area contributed by atoms with Gasteiger partial charge in [-0.05, 0) is 90.9 Å². The van der Waals surface area contributed by atoms with Crippen molar-refractivity contribution in [3.8, 4) is 0 Å². The maximum atomic E-state index is 14.2. The van der Waals surface area contributed by atoms with Gasteiger partial charge < -0.3 is 5.11 Å². The van der Waals surface area contributed by atoms with Crippen LogP contribution in [0.5, 0.6) is 0 Å². The lowest BCUT2D eigenvalue weighted by Gasteiger charge is -2.69. The molecule has 4 nitrogen and oxygen atoms in total. The molecule has 0 bridgehead atoms. The summed E-state index contributed by atoms with van der Waals surface area (Å²) in [6.45, 7) is 15.7. The zero-order chi connectivity index (χ0) is 25.1. The summed E-state index contributed by atoms with van der Waals surface area (Å²) in [5.74, 6) is -0.248. The van der Waals surface area contributed by atoms with Gasteiger partial charge in [-0.15, -0.1) is 0 Å². The first-order valence-electron chi connectivity index (χ1n) is 13.6. The Balaban J connectivity index is 1.66. The molecular weight excluding hydrogens is 424 g/mol. The van der Waals surface area contributed by atoms with E-state index in [0.29, 0.717) is 25.0 Å².